The van der Waals surface area contributed by atoms with Gasteiger partial charge in [-0.3, -0.25) is 0 Å². The Morgan fingerprint density at radius 1 is 1.12 bits per heavy atom. The number of hydrogen-bond donors (Lipinski definition) is 2. The molecule has 0 spiro atoms. The van der Waals surface area contributed by atoms with E-state index in [2.05, 4.69) is 4.74 Å². The van der Waals surface area contributed by atoms with Crippen molar-refractivity contribution in [2.45, 2.75) is 0 Å². The van der Waals surface area contributed by atoms with E-state index >= 15 is 0 Å². The minimum absolute atomic E-state index is 0. The van der Waals surface area contributed by atoms with Crippen LogP contribution < -0.4 is 0 Å². The van der Waals surface area contributed by atoms with Crippen molar-refractivity contribution in [2.24, 2.45) is 0 Å². The third kappa shape index (κ3) is 9.58. The number of hydrogen-bond acceptors (Lipinski definition) is 3. The van der Waals surface area contributed by atoms with Gasteiger partial charge in [-0.05, 0) is 0 Å². The van der Waals surface area contributed by atoms with Gasteiger partial charge in [-0.15, -0.1) is 0 Å². The Kier molecular flexibility index (Phi) is 7.60. The first-order valence-electron chi connectivity index (χ1n) is 1.26. The van der Waals surface area contributed by atoms with E-state index in [1.54, 1.807) is 0 Å². The van der Waals surface area contributed by atoms with E-state index in [1.165, 1.54) is 0 Å². The first-order valence-corrected chi connectivity index (χ1v) is 1.26. The van der Waals surface area contributed by atoms with Gasteiger partial charge in [-0.2, -0.15) is 0 Å². The average Bonchev–Trinajstić information content (AvgIpc) is 1.27. The van der Waals surface area contributed by atoms with E-state index in [0.717, 1.165) is 0 Å². The van der Waals surface area contributed by atoms with Crippen LogP contribution in [0.5, 0.6) is 0 Å². The van der Waals surface area contributed by atoms with Gasteiger partial charge < -0.3 is 14.9 Å². The average molecular weight is 245 g/mol. The molecule has 0 bridgehead atoms. The molecule has 0 saturated heterocycles. The summed E-state index contributed by atoms with van der Waals surface area (Å²) < 4.78 is 3.08. The summed E-state index contributed by atoms with van der Waals surface area (Å²) in [4.78, 5) is 18.4. The molecule has 44 valence electrons. The van der Waals surface area contributed by atoms with Gasteiger partial charge in [-0.1, -0.05) is 0 Å². The van der Waals surface area contributed by atoms with Crippen LogP contribution in [0.3, 0.4) is 0 Å². The van der Waals surface area contributed by atoms with Crippen molar-refractivity contribution in [3.8, 4) is 0 Å². The first kappa shape index (κ1) is 11.2. The Bertz CT molecular complexity index is 86.6. The molecule has 2 N–H and O–H groups in total. The van der Waals surface area contributed by atoms with Crippen molar-refractivity contribution >= 4 is 61.2 Å². The molecule has 0 radical (unpaired) electrons. The third-order valence-electron chi connectivity index (χ3n) is 0.175. The second kappa shape index (κ2) is 5.45. The molecule has 8 heavy (non-hydrogen) atoms. The van der Waals surface area contributed by atoms with Crippen molar-refractivity contribution in [1.29, 1.82) is 0 Å². The van der Waals surface area contributed by atoms with E-state index in [4.69, 9.17) is 10.2 Å². The Labute approximate surface area is 84.7 Å². The molecule has 0 aliphatic rings. The molecule has 0 saturated carbocycles. The molecular formula is C2H4BaO5. The molecule has 0 heterocycles. The summed E-state index contributed by atoms with van der Waals surface area (Å²) in [6.07, 6.45) is -3.62. The van der Waals surface area contributed by atoms with E-state index in [0.29, 0.717) is 0 Å². The molecule has 0 amide bonds. The van der Waals surface area contributed by atoms with Crippen LogP contribution in [0.1, 0.15) is 0 Å². The molecule has 0 aliphatic heterocycles. The zero-order chi connectivity index (χ0) is 5.86. The molecule has 0 aliphatic carbocycles. The van der Waals surface area contributed by atoms with E-state index in [9.17, 15) is 9.59 Å². The molecule has 0 fully saturated rings. The van der Waals surface area contributed by atoms with Crippen LogP contribution >= 0.6 is 0 Å². The van der Waals surface area contributed by atoms with Crippen molar-refractivity contribution in [1.82, 2.24) is 0 Å². The Balaban J connectivity index is 0. The van der Waals surface area contributed by atoms with Gasteiger partial charge in [0.1, 0.15) is 0 Å². The molecule has 0 aromatic rings. The fourth-order valence-electron chi connectivity index (χ4n) is 0.0747. The predicted octanol–water partition coefficient (Wildman–Crippen LogP) is -0.557. The fraction of sp³-hybridized carbons (Fsp3) is 0. The standard InChI is InChI=1S/C2H2O5.Ba.2H/c3-1(4)7-2(5)6;;;/h(H,3,4)(H,5,6);;;. The van der Waals surface area contributed by atoms with Crippen LogP contribution in [-0.4, -0.2) is 71.4 Å². The summed E-state index contributed by atoms with van der Waals surface area (Å²) in [6.45, 7) is 0. The van der Waals surface area contributed by atoms with E-state index in [1.807, 2.05) is 0 Å². The van der Waals surface area contributed by atoms with Gasteiger partial charge in [0.25, 0.3) is 0 Å². The molecule has 6 heteroatoms. The number of ether oxygens (including phenoxy) is 1. The molecule has 0 unspecified atom stereocenters. The Hall–Kier alpha value is 0.311. The summed E-state index contributed by atoms with van der Waals surface area (Å²) in [6, 6.07) is 0. The molecule has 5 nitrogen and oxygen atoms in total. The van der Waals surface area contributed by atoms with Crippen molar-refractivity contribution in [3.63, 3.8) is 0 Å². The number of carbonyl (C=O) groups is 2. The summed E-state index contributed by atoms with van der Waals surface area (Å²) >= 11 is 0. The first-order chi connectivity index (χ1) is 3.13. The normalized spacial score (nSPS) is 6.50. The summed E-state index contributed by atoms with van der Waals surface area (Å²) in [5.74, 6) is 0. The summed E-state index contributed by atoms with van der Waals surface area (Å²) in [7, 11) is 0. The van der Waals surface area contributed by atoms with Crippen LogP contribution in [0.4, 0.5) is 9.59 Å². The van der Waals surface area contributed by atoms with Gasteiger partial charge in [0.2, 0.25) is 0 Å². The topological polar surface area (TPSA) is 83.8 Å². The molecule has 0 rings (SSSR count). The van der Waals surface area contributed by atoms with Crippen LogP contribution in [0, 0.1) is 0 Å². The molecule has 0 atom stereocenters. The van der Waals surface area contributed by atoms with Crippen LogP contribution in [0.15, 0.2) is 0 Å². The zero-order valence-corrected chi connectivity index (χ0v) is 3.12. The monoisotopic (exact) mass is 246 g/mol. The maximum atomic E-state index is 9.21. The van der Waals surface area contributed by atoms with Crippen LogP contribution in [0.25, 0.3) is 0 Å². The van der Waals surface area contributed by atoms with Gasteiger partial charge in [0.15, 0.2) is 0 Å². The van der Waals surface area contributed by atoms with Crippen molar-refractivity contribution in [3.05, 3.63) is 0 Å². The summed E-state index contributed by atoms with van der Waals surface area (Å²) in [5.41, 5.74) is 0. The Morgan fingerprint density at radius 2 is 1.38 bits per heavy atom. The van der Waals surface area contributed by atoms with Gasteiger partial charge in [0.05, 0.1) is 0 Å². The number of carboxylic acid groups (broad SMARTS) is 2. The molecular weight excluding hydrogens is 241 g/mol. The quantitative estimate of drug-likeness (QED) is 0.340. The fourth-order valence-corrected chi connectivity index (χ4v) is 0.0747. The Morgan fingerprint density at radius 3 is 1.38 bits per heavy atom. The SMILES string of the molecule is O=C(O)OC(=O)O.[BaH2]. The summed E-state index contributed by atoms with van der Waals surface area (Å²) in [5, 5.41) is 15.0. The zero-order valence-electron chi connectivity index (χ0n) is 3.12. The van der Waals surface area contributed by atoms with Crippen LogP contribution in [-0.2, 0) is 4.74 Å². The van der Waals surface area contributed by atoms with Gasteiger partial charge in [-0.25, -0.2) is 9.59 Å². The predicted molar refractivity (Wildman–Crippen MR) is 25.7 cm³/mol. The van der Waals surface area contributed by atoms with Crippen molar-refractivity contribution in [2.75, 3.05) is 0 Å². The van der Waals surface area contributed by atoms with Gasteiger partial charge >= 0.3 is 61.2 Å². The minimum atomic E-state index is -1.81. The van der Waals surface area contributed by atoms with E-state index < -0.39 is 12.3 Å². The molecule has 0 aromatic carbocycles. The van der Waals surface area contributed by atoms with E-state index in [-0.39, 0.29) is 48.9 Å². The maximum absolute atomic E-state index is 9.21. The third-order valence-corrected chi connectivity index (χ3v) is 0.175. The van der Waals surface area contributed by atoms with Crippen LogP contribution in [0.2, 0.25) is 0 Å². The molecule has 0 aromatic heterocycles. The second-order valence-corrected chi connectivity index (χ2v) is 0.634. The van der Waals surface area contributed by atoms with Gasteiger partial charge in [0, 0.05) is 0 Å². The van der Waals surface area contributed by atoms with Crippen molar-refractivity contribution < 1.29 is 24.5 Å². The number of rotatable bonds is 0. The second-order valence-electron chi connectivity index (χ2n) is 0.634.